The van der Waals surface area contributed by atoms with Crippen molar-refractivity contribution in [3.8, 4) is 6.07 Å². The summed E-state index contributed by atoms with van der Waals surface area (Å²) in [5.74, 6) is -1.18. The van der Waals surface area contributed by atoms with Gasteiger partial charge in [-0.05, 0) is 37.1 Å². The number of benzene rings is 1. The molecule has 0 unspecified atom stereocenters. The molecule has 0 aliphatic rings. The third kappa shape index (κ3) is 7.08. The first kappa shape index (κ1) is 20.2. The molecule has 0 bridgehead atoms. The summed E-state index contributed by atoms with van der Waals surface area (Å²) in [5.41, 5.74) is 1.57. The van der Waals surface area contributed by atoms with Crippen molar-refractivity contribution in [1.29, 1.82) is 5.26 Å². The molecule has 0 spiro atoms. The lowest BCUT2D eigenvalue weighted by Gasteiger charge is -2.12. The third-order valence-corrected chi connectivity index (χ3v) is 3.52. The summed E-state index contributed by atoms with van der Waals surface area (Å²) in [5, 5.41) is 11.9. The van der Waals surface area contributed by atoms with Gasteiger partial charge in [0.2, 0.25) is 0 Å². The van der Waals surface area contributed by atoms with Crippen molar-refractivity contribution in [3.05, 3.63) is 35.4 Å². The van der Waals surface area contributed by atoms with Crippen LogP contribution in [0.2, 0.25) is 0 Å². The van der Waals surface area contributed by atoms with Crippen LogP contribution in [0.4, 0.5) is 5.69 Å². The summed E-state index contributed by atoms with van der Waals surface area (Å²) >= 11 is 0. The number of nitrogens with one attached hydrogen (secondary N) is 1. The molecule has 6 nitrogen and oxygen atoms in total. The number of hydrogen-bond donors (Lipinski definition) is 1. The van der Waals surface area contributed by atoms with Crippen LogP contribution in [0.1, 0.15) is 32.3 Å². The molecule has 1 aromatic rings. The fourth-order valence-corrected chi connectivity index (χ4v) is 2.20. The summed E-state index contributed by atoms with van der Waals surface area (Å²) in [6.45, 7) is 3.52. The van der Waals surface area contributed by atoms with Crippen molar-refractivity contribution in [2.75, 3.05) is 25.6 Å². The Morgan fingerprint density at radius 3 is 2.48 bits per heavy atom. The Labute approximate surface area is 149 Å². The molecule has 1 amide bonds. The van der Waals surface area contributed by atoms with Gasteiger partial charge >= 0.3 is 5.97 Å². The predicted molar refractivity (Wildman–Crippen MR) is 97.8 cm³/mol. The van der Waals surface area contributed by atoms with Crippen molar-refractivity contribution < 1.29 is 14.3 Å². The molecule has 0 aromatic heterocycles. The highest BCUT2D eigenvalue weighted by Gasteiger charge is 2.14. The van der Waals surface area contributed by atoms with Crippen LogP contribution in [0.25, 0.3) is 6.08 Å². The van der Waals surface area contributed by atoms with Gasteiger partial charge in [-0.1, -0.05) is 25.5 Å². The smallest absolute Gasteiger partial charge is 0.349 e. The molecule has 1 rings (SSSR count). The van der Waals surface area contributed by atoms with E-state index in [0.29, 0.717) is 5.56 Å². The lowest BCUT2D eigenvalue weighted by atomic mass is 10.1. The van der Waals surface area contributed by atoms with Crippen LogP contribution < -0.4 is 10.2 Å². The van der Waals surface area contributed by atoms with Crippen LogP contribution in [0.3, 0.4) is 0 Å². The largest absolute Gasteiger partial charge is 0.451 e. The van der Waals surface area contributed by atoms with Crippen molar-refractivity contribution in [3.63, 3.8) is 0 Å². The minimum Gasteiger partial charge on any atom is -0.451 e. The van der Waals surface area contributed by atoms with Crippen molar-refractivity contribution in [2.24, 2.45) is 0 Å². The Balaban J connectivity index is 2.65. The molecule has 0 saturated heterocycles. The summed E-state index contributed by atoms with van der Waals surface area (Å²) in [4.78, 5) is 25.6. The molecular weight excluding hydrogens is 318 g/mol. The topological polar surface area (TPSA) is 82.4 Å². The van der Waals surface area contributed by atoms with Crippen LogP contribution in [0.15, 0.2) is 29.8 Å². The molecule has 1 atom stereocenters. The minimum atomic E-state index is -0.808. The van der Waals surface area contributed by atoms with Gasteiger partial charge in [0.05, 0.1) is 0 Å². The molecule has 1 aromatic carbocycles. The van der Waals surface area contributed by atoms with E-state index in [1.807, 2.05) is 51.0 Å². The predicted octanol–water partition coefficient (Wildman–Crippen LogP) is 2.51. The van der Waals surface area contributed by atoms with Crippen molar-refractivity contribution >= 4 is 23.6 Å². The SMILES string of the molecule is CCC[C@H](C)NC(=O)COC(=O)/C(C#N)=C/c1ccc(N(C)C)cc1. The zero-order chi connectivity index (χ0) is 18.8. The number of rotatable bonds is 8. The van der Waals surface area contributed by atoms with E-state index in [2.05, 4.69) is 5.32 Å². The van der Waals surface area contributed by atoms with Gasteiger partial charge < -0.3 is 15.0 Å². The van der Waals surface area contributed by atoms with Crippen LogP contribution in [0.5, 0.6) is 0 Å². The van der Waals surface area contributed by atoms with Gasteiger partial charge in [0.1, 0.15) is 11.6 Å². The summed E-state index contributed by atoms with van der Waals surface area (Å²) < 4.78 is 4.92. The van der Waals surface area contributed by atoms with Gasteiger partial charge in [-0.15, -0.1) is 0 Å². The highest BCUT2D eigenvalue weighted by atomic mass is 16.5. The number of anilines is 1. The van der Waals surface area contributed by atoms with Gasteiger partial charge in [-0.2, -0.15) is 5.26 Å². The van der Waals surface area contributed by atoms with Crippen LogP contribution in [-0.4, -0.2) is 38.6 Å². The standard InChI is InChI=1S/C19H25N3O3/c1-5-6-14(2)21-18(23)13-25-19(24)16(12-20)11-15-7-9-17(10-8-15)22(3)4/h7-11,14H,5-6,13H2,1-4H3,(H,21,23)/b16-11+/t14-/m0/s1. The average molecular weight is 343 g/mol. The summed E-state index contributed by atoms with van der Waals surface area (Å²) in [6, 6.07) is 9.22. The second-order valence-electron chi connectivity index (χ2n) is 5.99. The zero-order valence-electron chi connectivity index (χ0n) is 15.2. The molecule has 1 N–H and O–H groups in total. The van der Waals surface area contributed by atoms with Gasteiger partial charge in [0, 0.05) is 25.8 Å². The van der Waals surface area contributed by atoms with Crippen molar-refractivity contribution in [1.82, 2.24) is 5.32 Å². The van der Waals surface area contributed by atoms with E-state index in [9.17, 15) is 9.59 Å². The van der Waals surface area contributed by atoms with Crippen molar-refractivity contribution in [2.45, 2.75) is 32.7 Å². The molecule has 0 heterocycles. The fraction of sp³-hybridized carbons (Fsp3) is 0.421. The molecule has 0 aliphatic carbocycles. The van der Waals surface area contributed by atoms with E-state index in [1.54, 1.807) is 12.1 Å². The Morgan fingerprint density at radius 2 is 1.96 bits per heavy atom. The minimum absolute atomic E-state index is 0.0254. The van der Waals surface area contributed by atoms with Crippen LogP contribution >= 0.6 is 0 Å². The fourth-order valence-electron chi connectivity index (χ4n) is 2.20. The molecule has 0 fully saturated rings. The number of carbonyl (C=O) groups is 2. The quantitative estimate of drug-likeness (QED) is 0.445. The number of hydrogen-bond acceptors (Lipinski definition) is 5. The third-order valence-electron chi connectivity index (χ3n) is 3.52. The van der Waals surface area contributed by atoms with Crippen LogP contribution in [0, 0.1) is 11.3 Å². The first-order chi connectivity index (χ1) is 11.9. The monoisotopic (exact) mass is 343 g/mol. The highest BCUT2D eigenvalue weighted by Crippen LogP contribution is 2.15. The highest BCUT2D eigenvalue weighted by molar-refractivity contribution is 5.98. The number of nitriles is 1. The molecule has 0 radical (unpaired) electrons. The first-order valence-corrected chi connectivity index (χ1v) is 8.23. The lowest BCUT2D eigenvalue weighted by Crippen LogP contribution is -2.35. The van der Waals surface area contributed by atoms with Gasteiger partial charge in [0.25, 0.3) is 5.91 Å². The first-order valence-electron chi connectivity index (χ1n) is 8.23. The Hall–Kier alpha value is -2.81. The average Bonchev–Trinajstić information content (AvgIpc) is 2.58. The second-order valence-corrected chi connectivity index (χ2v) is 5.99. The molecule has 25 heavy (non-hydrogen) atoms. The molecule has 0 aliphatic heterocycles. The Bertz CT molecular complexity index is 657. The van der Waals surface area contributed by atoms with E-state index >= 15 is 0 Å². The van der Waals surface area contributed by atoms with Crippen LogP contribution in [-0.2, 0) is 14.3 Å². The number of nitrogens with zero attached hydrogens (tertiary/aromatic N) is 2. The molecule has 134 valence electrons. The molecule has 0 saturated carbocycles. The van der Waals surface area contributed by atoms with E-state index in [-0.39, 0.29) is 17.5 Å². The zero-order valence-corrected chi connectivity index (χ0v) is 15.2. The summed E-state index contributed by atoms with van der Waals surface area (Å²) in [7, 11) is 3.85. The Morgan fingerprint density at radius 1 is 1.32 bits per heavy atom. The van der Waals surface area contributed by atoms with E-state index in [0.717, 1.165) is 18.5 Å². The maximum atomic E-state index is 12.0. The molecular formula is C19H25N3O3. The van der Waals surface area contributed by atoms with Gasteiger partial charge in [-0.25, -0.2) is 4.79 Å². The second kappa shape index (κ2) is 10.1. The maximum absolute atomic E-state index is 12.0. The normalized spacial score (nSPS) is 12.0. The number of ether oxygens (including phenoxy) is 1. The number of esters is 1. The summed E-state index contributed by atoms with van der Waals surface area (Å²) in [6.07, 6.45) is 3.25. The maximum Gasteiger partial charge on any atom is 0.349 e. The van der Waals surface area contributed by atoms with Gasteiger partial charge in [0.15, 0.2) is 6.61 Å². The van der Waals surface area contributed by atoms with E-state index in [4.69, 9.17) is 10.00 Å². The number of carbonyl (C=O) groups excluding carboxylic acids is 2. The Kier molecular flexibility index (Phi) is 8.21. The van der Waals surface area contributed by atoms with E-state index in [1.165, 1.54) is 6.08 Å². The molecule has 6 heteroatoms. The lowest BCUT2D eigenvalue weighted by molar-refractivity contribution is -0.144. The van der Waals surface area contributed by atoms with Gasteiger partial charge in [-0.3, -0.25) is 4.79 Å². The van der Waals surface area contributed by atoms with E-state index < -0.39 is 12.6 Å². The number of amides is 1.